The predicted molar refractivity (Wildman–Crippen MR) is 92.1 cm³/mol. The Bertz CT molecular complexity index is 826. The largest absolute Gasteiger partial charge is 0.367 e. The number of aromatic nitrogens is 5. The average Bonchev–Trinajstić information content (AvgIpc) is 3.34. The van der Waals surface area contributed by atoms with Crippen LogP contribution in [0.4, 0.5) is 0 Å². The minimum Gasteiger partial charge on any atom is -0.367 e. The number of piperidine rings is 1. The zero-order valence-electron chi connectivity index (χ0n) is 13.9. The summed E-state index contributed by atoms with van der Waals surface area (Å²) in [5, 5.41) is 14.3. The molecule has 1 saturated heterocycles. The van der Waals surface area contributed by atoms with Crippen LogP contribution in [0.25, 0.3) is 0 Å². The lowest BCUT2D eigenvalue weighted by Crippen LogP contribution is -2.39. The Hall–Kier alpha value is -2.96. The minimum atomic E-state index is 0.0698. The van der Waals surface area contributed by atoms with Gasteiger partial charge in [0.05, 0.1) is 5.56 Å². The predicted octanol–water partition coefficient (Wildman–Crippen LogP) is 2.14. The van der Waals surface area contributed by atoms with Crippen LogP contribution in [-0.2, 0) is 6.42 Å². The number of carbonyl (C=O) groups is 1. The Balaban J connectivity index is 1.50. The lowest BCUT2D eigenvalue weighted by molar-refractivity contribution is 0.0704. The summed E-state index contributed by atoms with van der Waals surface area (Å²) in [5.41, 5.74) is 2.97. The summed E-state index contributed by atoms with van der Waals surface area (Å²) >= 11 is 0. The van der Waals surface area contributed by atoms with Crippen LogP contribution in [0.5, 0.6) is 0 Å². The standard InChI is InChI=1S/C18H20N6O/c25-18(24-8-4-7-14(12-24)17-20-22-23-21-17)16-11-19-10-15(16)9-13-5-2-1-3-6-13/h1-3,5-6,10-11,14,19H,4,7-9,12H2,(H,20,21,22,23). The first-order valence-corrected chi connectivity index (χ1v) is 8.53. The Labute approximate surface area is 145 Å². The Morgan fingerprint density at radius 3 is 2.92 bits per heavy atom. The van der Waals surface area contributed by atoms with E-state index in [9.17, 15) is 4.79 Å². The van der Waals surface area contributed by atoms with Crippen molar-refractivity contribution >= 4 is 5.91 Å². The molecule has 1 amide bonds. The Morgan fingerprint density at radius 1 is 1.24 bits per heavy atom. The third-order valence-electron chi connectivity index (χ3n) is 4.73. The van der Waals surface area contributed by atoms with Gasteiger partial charge >= 0.3 is 0 Å². The number of hydrogen-bond donors (Lipinski definition) is 2. The summed E-state index contributed by atoms with van der Waals surface area (Å²) in [7, 11) is 0. The summed E-state index contributed by atoms with van der Waals surface area (Å²) < 4.78 is 0. The van der Waals surface area contributed by atoms with Crippen molar-refractivity contribution in [1.82, 2.24) is 30.5 Å². The maximum absolute atomic E-state index is 13.0. The third-order valence-corrected chi connectivity index (χ3v) is 4.73. The molecule has 1 aliphatic rings. The first-order chi connectivity index (χ1) is 12.3. The molecule has 1 unspecified atom stereocenters. The van der Waals surface area contributed by atoms with Gasteiger partial charge in [-0.1, -0.05) is 35.5 Å². The minimum absolute atomic E-state index is 0.0698. The second kappa shape index (κ2) is 6.88. The summed E-state index contributed by atoms with van der Waals surface area (Å²) in [5.74, 6) is 0.907. The van der Waals surface area contributed by atoms with Gasteiger partial charge in [0.2, 0.25) is 0 Å². The van der Waals surface area contributed by atoms with Crippen LogP contribution in [0.3, 0.4) is 0 Å². The molecule has 2 aromatic heterocycles. The molecule has 0 saturated carbocycles. The number of rotatable bonds is 4. The number of nitrogens with zero attached hydrogens (tertiary/aromatic N) is 4. The second-order valence-electron chi connectivity index (χ2n) is 6.42. The van der Waals surface area contributed by atoms with Crippen LogP contribution in [-0.4, -0.2) is 49.5 Å². The number of amides is 1. The average molecular weight is 336 g/mol. The number of aromatic amines is 2. The van der Waals surface area contributed by atoms with E-state index in [0.29, 0.717) is 12.4 Å². The van der Waals surface area contributed by atoms with Crippen molar-refractivity contribution in [1.29, 1.82) is 0 Å². The summed E-state index contributed by atoms with van der Waals surface area (Å²) in [6, 6.07) is 10.2. The molecule has 7 nitrogen and oxygen atoms in total. The van der Waals surface area contributed by atoms with E-state index in [1.165, 1.54) is 5.56 Å². The van der Waals surface area contributed by atoms with Crippen LogP contribution >= 0.6 is 0 Å². The SMILES string of the molecule is O=C(c1c[nH]cc1Cc1ccccc1)N1CCCC(c2nn[nH]n2)C1. The molecular weight excluding hydrogens is 316 g/mol. The number of benzene rings is 1. The molecule has 1 aliphatic heterocycles. The van der Waals surface area contributed by atoms with Crippen molar-refractivity contribution in [3.63, 3.8) is 0 Å². The van der Waals surface area contributed by atoms with Gasteiger partial charge in [0.1, 0.15) is 0 Å². The summed E-state index contributed by atoms with van der Waals surface area (Å²) in [4.78, 5) is 18.0. The molecule has 1 fully saturated rings. The molecule has 128 valence electrons. The number of tetrazole rings is 1. The Kier molecular flexibility index (Phi) is 4.28. The molecule has 0 aliphatic carbocycles. The fourth-order valence-electron chi connectivity index (χ4n) is 3.44. The molecule has 0 bridgehead atoms. The van der Waals surface area contributed by atoms with Gasteiger partial charge in [-0.05, 0) is 30.4 Å². The summed E-state index contributed by atoms with van der Waals surface area (Å²) in [6.45, 7) is 1.40. The highest BCUT2D eigenvalue weighted by atomic mass is 16.2. The van der Waals surface area contributed by atoms with Gasteiger partial charge in [-0.15, -0.1) is 10.2 Å². The van der Waals surface area contributed by atoms with Gasteiger partial charge in [0.25, 0.3) is 5.91 Å². The van der Waals surface area contributed by atoms with E-state index < -0.39 is 0 Å². The number of carbonyl (C=O) groups excluding carboxylic acids is 1. The number of H-pyrrole nitrogens is 2. The van der Waals surface area contributed by atoms with Crippen molar-refractivity contribution in [3.05, 3.63) is 65.2 Å². The van der Waals surface area contributed by atoms with Crippen molar-refractivity contribution in [3.8, 4) is 0 Å². The first kappa shape index (κ1) is 15.6. The zero-order valence-corrected chi connectivity index (χ0v) is 13.9. The number of nitrogens with one attached hydrogen (secondary N) is 2. The summed E-state index contributed by atoms with van der Waals surface area (Å²) in [6.07, 6.45) is 6.39. The molecule has 0 radical (unpaired) electrons. The van der Waals surface area contributed by atoms with E-state index in [-0.39, 0.29) is 11.8 Å². The van der Waals surface area contributed by atoms with Crippen LogP contribution in [0.1, 0.15) is 46.1 Å². The third kappa shape index (κ3) is 3.31. The fourth-order valence-corrected chi connectivity index (χ4v) is 3.44. The van der Waals surface area contributed by atoms with Gasteiger partial charge in [-0.3, -0.25) is 4.79 Å². The van der Waals surface area contributed by atoms with Crippen molar-refractivity contribution in [2.45, 2.75) is 25.2 Å². The normalized spacial score (nSPS) is 17.6. The molecular formula is C18H20N6O. The maximum Gasteiger partial charge on any atom is 0.255 e. The molecule has 1 atom stereocenters. The lowest BCUT2D eigenvalue weighted by atomic mass is 9.96. The van der Waals surface area contributed by atoms with E-state index in [1.807, 2.05) is 29.3 Å². The highest BCUT2D eigenvalue weighted by molar-refractivity contribution is 5.95. The van der Waals surface area contributed by atoms with Crippen LogP contribution in [0.15, 0.2) is 42.7 Å². The van der Waals surface area contributed by atoms with E-state index >= 15 is 0 Å². The van der Waals surface area contributed by atoms with E-state index in [1.54, 1.807) is 6.20 Å². The van der Waals surface area contributed by atoms with Crippen molar-refractivity contribution < 1.29 is 4.79 Å². The van der Waals surface area contributed by atoms with E-state index in [4.69, 9.17) is 0 Å². The molecule has 2 N–H and O–H groups in total. The zero-order chi connectivity index (χ0) is 17.1. The van der Waals surface area contributed by atoms with Gasteiger partial charge in [0, 0.05) is 31.4 Å². The molecule has 1 aromatic carbocycles. The van der Waals surface area contributed by atoms with Gasteiger partial charge in [-0.2, -0.15) is 5.21 Å². The van der Waals surface area contributed by atoms with E-state index in [0.717, 1.165) is 36.9 Å². The number of likely N-dealkylation sites (tertiary alicyclic amines) is 1. The van der Waals surface area contributed by atoms with Crippen molar-refractivity contribution in [2.24, 2.45) is 0 Å². The van der Waals surface area contributed by atoms with Gasteiger partial charge in [-0.25, -0.2) is 0 Å². The van der Waals surface area contributed by atoms with Crippen LogP contribution in [0.2, 0.25) is 0 Å². The smallest absolute Gasteiger partial charge is 0.255 e. The van der Waals surface area contributed by atoms with Gasteiger partial charge < -0.3 is 9.88 Å². The molecule has 3 heterocycles. The molecule has 0 spiro atoms. The highest BCUT2D eigenvalue weighted by Gasteiger charge is 2.29. The molecule has 7 heteroatoms. The van der Waals surface area contributed by atoms with Gasteiger partial charge in [0.15, 0.2) is 5.82 Å². The lowest BCUT2D eigenvalue weighted by Gasteiger charge is -2.31. The quantitative estimate of drug-likeness (QED) is 0.764. The fraction of sp³-hybridized carbons (Fsp3) is 0.333. The highest BCUT2D eigenvalue weighted by Crippen LogP contribution is 2.26. The van der Waals surface area contributed by atoms with Crippen LogP contribution < -0.4 is 0 Å². The monoisotopic (exact) mass is 336 g/mol. The number of hydrogen-bond acceptors (Lipinski definition) is 4. The second-order valence-corrected chi connectivity index (χ2v) is 6.42. The van der Waals surface area contributed by atoms with E-state index in [2.05, 4.69) is 37.7 Å². The van der Waals surface area contributed by atoms with Crippen LogP contribution in [0, 0.1) is 0 Å². The maximum atomic E-state index is 13.0. The topological polar surface area (TPSA) is 90.6 Å². The molecule has 4 rings (SSSR count). The van der Waals surface area contributed by atoms with Crippen molar-refractivity contribution in [2.75, 3.05) is 13.1 Å². The first-order valence-electron chi connectivity index (χ1n) is 8.53. The molecule has 25 heavy (non-hydrogen) atoms. The molecule has 3 aromatic rings. The Morgan fingerprint density at radius 2 is 2.12 bits per heavy atom.